The third-order valence-electron chi connectivity index (χ3n) is 4.99. The fourth-order valence-corrected chi connectivity index (χ4v) is 3.64. The number of rotatable bonds is 4. The summed E-state index contributed by atoms with van der Waals surface area (Å²) in [7, 11) is 0. The molecular formula is C18H22Cl2FN3O2. The number of hydrogen-bond donors (Lipinski definition) is 1. The Bertz CT molecular complexity index is 744. The van der Waals surface area contributed by atoms with Gasteiger partial charge in [-0.05, 0) is 24.0 Å². The van der Waals surface area contributed by atoms with Crippen LogP contribution >= 0.6 is 24.8 Å². The molecule has 8 heteroatoms. The van der Waals surface area contributed by atoms with Gasteiger partial charge in [0.15, 0.2) is 11.7 Å². The topological polar surface area (TPSA) is 58.4 Å². The average Bonchev–Trinajstić information content (AvgIpc) is 3.28. The second kappa shape index (κ2) is 8.84. The first-order valence-electron chi connectivity index (χ1n) is 8.39. The summed E-state index contributed by atoms with van der Waals surface area (Å²) >= 11 is 0. The number of benzene rings is 1. The van der Waals surface area contributed by atoms with Crippen molar-refractivity contribution in [3.8, 4) is 11.3 Å². The minimum Gasteiger partial charge on any atom is -0.441 e. The van der Waals surface area contributed by atoms with E-state index in [1.165, 1.54) is 12.3 Å². The predicted molar refractivity (Wildman–Crippen MR) is 101 cm³/mol. The van der Waals surface area contributed by atoms with Crippen LogP contribution in [0.4, 0.5) is 4.39 Å². The zero-order chi connectivity index (χ0) is 16.5. The smallest absolute Gasteiger partial charge is 0.223 e. The van der Waals surface area contributed by atoms with Crippen molar-refractivity contribution in [1.82, 2.24) is 15.2 Å². The van der Waals surface area contributed by atoms with Crippen molar-refractivity contribution in [2.75, 3.05) is 26.2 Å². The van der Waals surface area contributed by atoms with Crippen LogP contribution < -0.4 is 5.32 Å². The van der Waals surface area contributed by atoms with Crippen LogP contribution in [0.2, 0.25) is 0 Å². The third kappa shape index (κ3) is 4.19. The van der Waals surface area contributed by atoms with Gasteiger partial charge in [-0.1, -0.05) is 12.1 Å². The first-order valence-corrected chi connectivity index (χ1v) is 8.39. The molecule has 2 saturated heterocycles. The molecule has 2 fully saturated rings. The number of aryl methyl sites for hydroxylation is 1. The number of hydrogen-bond acceptors (Lipinski definition) is 4. The molecule has 1 aromatic carbocycles. The molecule has 1 aromatic heterocycles. The standard InChI is InChI=1S/C18H20FN3O2.2ClH/c19-15-4-2-1-3-14(15)16-9-21-17(24-16)5-6-18(23)22-10-12-7-20-8-13(12)11-22;;/h1-4,9,12-13,20H,5-8,10-11H2;2*1H/t12-,13+;;. The highest BCUT2D eigenvalue weighted by molar-refractivity contribution is 5.85. The fourth-order valence-electron chi connectivity index (χ4n) is 3.64. The summed E-state index contributed by atoms with van der Waals surface area (Å²) in [5.74, 6) is 1.88. The van der Waals surface area contributed by atoms with Crippen LogP contribution in [0.1, 0.15) is 12.3 Å². The van der Waals surface area contributed by atoms with Crippen molar-refractivity contribution < 1.29 is 13.6 Å². The van der Waals surface area contributed by atoms with Crippen LogP contribution in [-0.4, -0.2) is 42.0 Å². The molecule has 142 valence electrons. The zero-order valence-corrected chi connectivity index (χ0v) is 15.8. The highest BCUT2D eigenvalue weighted by Gasteiger charge is 2.37. The number of halogens is 3. The molecule has 0 bridgehead atoms. The number of nitrogens with zero attached hydrogens (tertiary/aromatic N) is 2. The van der Waals surface area contributed by atoms with E-state index >= 15 is 0 Å². The molecule has 26 heavy (non-hydrogen) atoms. The number of likely N-dealkylation sites (tertiary alicyclic amines) is 1. The Balaban J connectivity index is 0.00000121. The predicted octanol–water partition coefficient (Wildman–Crippen LogP) is 2.93. The number of amides is 1. The van der Waals surface area contributed by atoms with Crippen LogP contribution in [-0.2, 0) is 11.2 Å². The molecule has 3 heterocycles. The summed E-state index contributed by atoms with van der Waals surface area (Å²) in [6.07, 6.45) is 2.34. The Morgan fingerprint density at radius 3 is 2.62 bits per heavy atom. The van der Waals surface area contributed by atoms with Gasteiger partial charge in [-0.25, -0.2) is 9.37 Å². The van der Waals surface area contributed by atoms with Crippen molar-refractivity contribution in [2.45, 2.75) is 12.8 Å². The Morgan fingerprint density at radius 1 is 1.23 bits per heavy atom. The van der Waals surface area contributed by atoms with Gasteiger partial charge in [-0.15, -0.1) is 24.8 Å². The Morgan fingerprint density at radius 2 is 1.92 bits per heavy atom. The molecule has 2 aliphatic rings. The SMILES string of the molecule is Cl.Cl.O=C(CCc1ncc(-c2ccccc2F)o1)N1C[C@H]2CNC[C@H]2C1. The van der Waals surface area contributed by atoms with Crippen molar-refractivity contribution >= 4 is 30.7 Å². The van der Waals surface area contributed by atoms with E-state index in [1.807, 2.05) is 4.90 Å². The highest BCUT2D eigenvalue weighted by atomic mass is 35.5. The lowest BCUT2D eigenvalue weighted by Crippen LogP contribution is -2.32. The molecule has 2 aliphatic heterocycles. The molecular weight excluding hydrogens is 380 g/mol. The van der Waals surface area contributed by atoms with E-state index in [9.17, 15) is 9.18 Å². The van der Waals surface area contributed by atoms with Crippen LogP contribution in [0.25, 0.3) is 11.3 Å². The van der Waals surface area contributed by atoms with Gasteiger partial charge in [-0.3, -0.25) is 4.79 Å². The Kier molecular flexibility index (Phi) is 7.03. The molecule has 2 aromatic rings. The van der Waals surface area contributed by atoms with Crippen molar-refractivity contribution in [2.24, 2.45) is 11.8 Å². The van der Waals surface area contributed by atoms with Crippen molar-refractivity contribution in [3.05, 3.63) is 42.2 Å². The third-order valence-corrected chi connectivity index (χ3v) is 4.99. The zero-order valence-electron chi connectivity index (χ0n) is 14.2. The Labute approximate surface area is 164 Å². The summed E-state index contributed by atoms with van der Waals surface area (Å²) in [6, 6.07) is 6.43. The van der Waals surface area contributed by atoms with E-state index in [2.05, 4.69) is 10.3 Å². The van der Waals surface area contributed by atoms with Gasteiger partial charge >= 0.3 is 0 Å². The van der Waals surface area contributed by atoms with Crippen LogP contribution in [0.5, 0.6) is 0 Å². The number of aromatic nitrogens is 1. The second-order valence-electron chi connectivity index (χ2n) is 6.58. The first-order chi connectivity index (χ1) is 11.7. The van der Waals surface area contributed by atoms with E-state index in [4.69, 9.17) is 4.42 Å². The molecule has 0 saturated carbocycles. The molecule has 5 nitrogen and oxygen atoms in total. The van der Waals surface area contributed by atoms with E-state index in [-0.39, 0.29) is 36.5 Å². The van der Waals surface area contributed by atoms with E-state index in [0.29, 0.717) is 41.9 Å². The molecule has 4 rings (SSSR count). The quantitative estimate of drug-likeness (QED) is 0.855. The second-order valence-corrected chi connectivity index (χ2v) is 6.58. The molecule has 0 unspecified atom stereocenters. The summed E-state index contributed by atoms with van der Waals surface area (Å²) in [5.41, 5.74) is 0.391. The fraction of sp³-hybridized carbons (Fsp3) is 0.444. The van der Waals surface area contributed by atoms with Crippen molar-refractivity contribution in [1.29, 1.82) is 0 Å². The molecule has 0 aliphatic carbocycles. The Hall–Kier alpha value is -1.63. The summed E-state index contributed by atoms with van der Waals surface area (Å²) < 4.78 is 19.4. The highest BCUT2D eigenvalue weighted by Crippen LogP contribution is 2.27. The lowest BCUT2D eigenvalue weighted by molar-refractivity contribution is -0.130. The van der Waals surface area contributed by atoms with Gasteiger partial charge in [0.2, 0.25) is 5.91 Å². The minimum absolute atomic E-state index is 0. The maximum atomic E-state index is 13.8. The van der Waals surface area contributed by atoms with Crippen molar-refractivity contribution in [3.63, 3.8) is 0 Å². The molecule has 0 spiro atoms. The van der Waals surface area contributed by atoms with Gasteiger partial charge < -0.3 is 14.6 Å². The molecule has 1 N–H and O–H groups in total. The lowest BCUT2D eigenvalue weighted by Gasteiger charge is -2.16. The van der Waals surface area contributed by atoms with Gasteiger partial charge in [0, 0.05) is 39.0 Å². The van der Waals surface area contributed by atoms with Crippen LogP contribution in [0.3, 0.4) is 0 Å². The van der Waals surface area contributed by atoms with Crippen LogP contribution in [0.15, 0.2) is 34.9 Å². The maximum Gasteiger partial charge on any atom is 0.223 e. The average molecular weight is 402 g/mol. The molecule has 1 amide bonds. The van der Waals surface area contributed by atoms with Gasteiger partial charge in [0.1, 0.15) is 5.82 Å². The number of nitrogens with one attached hydrogen (secondary N) is 1. The first kappa shape index (κ1) is 20.7. The van der Waals surface area contributed by atoms with E-state index in [1.54, 1.807) is 18.2 Å². The monoisotopic (exact) mass is 401 g/mol. The van der Waals surface area contributed by atoms with Gasteiger partial charge in [-0.2, -0.15) is 0 Å². The number of carbonyl (C=O) groups excluding carboxylic acids is 1. The van der Waals surface area contributed by atoms with Crippen LogP contribution in [0, 0.1) is 17.7 Å². The largest absolute Gasteiger partial charge is 0.441 e. The number of carbonyl (C=O) groups is 1. The normalized spacial score (nSPS) is 21.0. The number of fused-ring (bicyclic) bond motifs is 1. The summed E-state index contributed by atoms with van der Waals surface area (Å²) in [6.45, 7) is 3.73. The van der Waals surface area contributed by atoms with Gasteiger partial charge in [0.25, 0.3) is 0 Å². The number of oxazole rings is 1. The summed E-state index contributed by atoms with van der Waals surface area (Å²) in [4.78, 5) is 18.5. The van der Waals surface area contributed by atoms with E-state index < -0.39 is 0 Å². The molecule has 2 atom stereocenters. The minimum atomic E-state index is -0.339. The lowest BCUT2D eigenvalue weighted by atomic mass is 10.0. The maximum absolute atomic E-state index is 13.8. The molecule has 0 radical (unpaired) electrons. The van der Waals surface area contributed by atoms with E-state index in [0.717, 1.165) is 26.2 Å². The van der Waals surface area contributed by atoms with Gasteiger partial charge in [0.05, 0.1) is 11.8 Å². The summed E-state index contributed by atoms with van der Waals surface area (Å²) in [5, 5.41) is 3.37.